The highest BCUT2D eigenvalue weighted by atomic mass is 35.5. The summed E-state index contributed by atoms with van der Waals surface area (Å²) in [5.74, 6) is -3.48. The van der Waals surface area contributed by atoms with E-state index < -0.39 is 46.6 Å². The molecule has 4 atom stereocenters. The summed E-state index contributed by atoms with van der Waals surface area (Å²) < 4.78 is 16.2. The van der Waals surface area contributed by atoms with Gasteiger partial charge in [0.1, 0.15) is 17.3 Å². The molecule has 4 aromatic carbocycles. The molecule has 11 nitrogen and oxygen atoms in total. The first-order valence-corrected chi connectivity index (χ1v) is 21.7. The standard InChI is InChI=1S/C47H44Cl2FN5O6/c48-28-16-19-33-35(24-28)52-45(61)47(33)39(31-11-7-12-34(49)40(31)50)41(54-46(47)22-4-1-5-23-46)43(59)51-29-17-14-27(15-18-29)37(56)13-3-2-8-26-9-6-10-30-32(26)25-55(44(30)60)36-20-21-38(57)53-42(36)58/h6-7,9-12,14-19,24,36,39,41,54H,1-5,8,13,20-23,25H2,(H,51,59)(H,52,61)(H,53,57,58)/t36?,39-,41+,47+/m0/s1. The molecule has 4 aliphatic heterocycles. The zero-order valence-corrected chi connectivity index (χ0v) is 34.8. The van der Waals surface area contributed by atoms with Crippen molar-refractivity contribution in [3.05, 3.63) is 128 Å². The van der Waals surface area contributed by atoms with Crippen molar-refractivity contribution < 1.29 is 33.2 Å². The molecule has 1 unspecified atom stereocenters. The van der Waals surface area contributed by atoms with Gasteiger partial charge in [-0.1, -0.05) is 72.8 Å². The van der Waals surface area contributed by atoms with Crippen LogP contribution in [0.2, 0.25) is 10.0 Å². The van der Waals surface area contributed by atoms with E-state index in [2.05, 4.69) is 21.3 Å². The predicted octanol–water partition coefficient (Wildman–Crippen LogP) is 7.78. The van der Waals surface area contributed by atoms with E-state index in [0.29, 0.717) is 84.6 Å². The summed E-state index contributed by atoms with van der Waals surface area (Å²) in [5.41, 5.74) is 2.50. The third-order valence-corrected chi connectivity index (χ3v) is 14.1. The molecule has 0 bridgehead atoms. The van der Waals surface area contributed by atoms with Gasteiger partial charge in [0.25, 0.3) is 5.91 Å². The van der Waals surface area contributed by atoms with Gasteiger partial charge in [-0.3, -0.25) is 39.4 Å². The number of nitrogens with zero attached hydrogens (tertiary/aromatic N) is 1. The Kier molecular flexibility index (Phi) is 10.8. The summed E-state index contributed by atoms with van der Waals surface area (Å²) in [5, 5.41) is 12.3. The van der Waals surface area contributed by atoms with E-state index in [9.17, 15) is 28.8 Å². The Morgan fingerprint density at radius 2 is 1.66 bits per heavy atom. The van der Waals surface area contributed by atoms with Crippen molar-refractivity contribution in [1.29, 1.82) is 0 Å². The predicted molar refractivity (Wildman–Crippen MR) is 228 cm³/mol. The first-order valence-electron chi connectivity index (χ1n) is 20.9. The fourth-order valence-corrected chi connectivity index (χ4v) is 11.2. The number of rotatable bonds is 10. The molecule has 14 heteroatoms. The molecule has 5 amide bonds. The Bertz CT molecular complexity index is 2510. The highest BCUT2D eigenvalue weighted by Crippen LogP contribution is 2.63. The number of fused-ring (bicyclic) bond motifs is 4. The zero-order valence-electron chi connectivity index (χ0n) is 33.3. The van der Waals surface area contributed by atoms with Gasteiger partial charge in [-0.05, 0) is 109 Å². The number of carbonyl (C=O) groups excluding carboxylic acids is 6. The van der Waals surface area contributed by atoms with E-state index >= 15 is 4.39 Å². The van der Waals surface area contributed by atoms with Crippen LogP contribution >= 0.6 is 23.2 Å². The molecule has 5 aliphatic rings. The minimum absolute atomic E-state index is 0.0588. The average Bonchev–Trinajstić information content (AvgIpc) is 3.84. The minimum atomic E-state index is -1.36. The number of nitrogens with one attached hydrogen (secondary N) is 4. The number of Topliss-reactive ketones (excluding diaryl/α,β-unsaturated/α-hetero) is 1. The minimum Gasteiger partial charge on any atom is -0.325 e. The van der Waals surface area contributed by atoms with E-state index in [-0.39, 0.29) is 40.5 Å². The maximum absolute atomic E-state index is 16.2. The third-order valence-electron chi connectivity index (χ3n) is 13.6. The maximum Gasteiger partial charge on any atom is 0.255 e. The van der Waals surface area contributed by atoms with Crippen LogP contribution in [0.25, 0.3) is 0 Å². The molecular weight excluding hydrogens is 820 g/mol. The van der Waals surface area contributed by atoms with Gasteiger partial charge < -0.3 is 15.5 Å². The van der Waals surface area contributed by atoms with Gasteiger partial charge in [-0.2, -0.15) is 0 Å². The van der Waals surface area contributed by atoms with E-state index in [1.807, 2.05) is 18.2 Å². The van der Waals surface area contributed by atoms with Crippen molar-refractivity contribution in [2.45, 2.75) is 106 Å². The topological polar surface area (TPSA) is 154 Å². The first-order chi connectivity index (χ1) is 29.4. The summed E-state index contributed by atoms with van der Waals surface area (Å²) in [6, 6.07) is 20.4. The largest absolute Gasteiger partial charge is 0.325 e. The Morgan fingerprint density at radius 3 is 2.43 bits per heavy atom. The van der Waals surface area contributed by atoms with Gasteiger partial charge >= 0.3 is 0 Å². The number of ketones is 1. The Balaban J connectivity index is 0.889. The average molecular weight is 865 g/mol. The molecule has 3 fully saturated rings. The third kappa shape index (κ3) is 6.93. The van der Waals surface area contributed by atoms with Crippen molar-refractivity contribution in [3.8, 4) is 0 Å². The van der Waals surface area contributed by atoms with Crippen molar-refractivity contribution >= 4 is 69.9 Å². The molecule has 314 valence electrons. The first kappa shape index (κ1) is 40.9. The Labute approximate surface area is 362 Å². The van der Waals surface area contributed by atoms with Crippen LogP contribution in [0.1, 0.15) is 113 Å². The quantitative estimate of drug-likeness (QED) is 0.0722. The van der Waals surface area contributed by atoms with Crippen LogP contribution in [0.4, 0.5) is 15.8 Å². The molecule has 0 radical (unpaired) electrons. The van der Waals surface area contributed by atoms with E-state index in [1.165, 1.54) is 6.07 Å². The Hall–Kier alpha value is -5.43. The molecule has 4 N–H and O–H groups in total. The molecule has 1 aliphatic carbocycles. The number of carbonyl (C=O) groups is 6. The van der Waals surface area contributed by atoms with Crippen LogP contribution in [-0.2, 0) is 37.6 Å². The lowest BCUT2D eigenvalue weighted by Gasteiger charge is -2.47. The van der Waals surface area contributed by atoms with Crippen molar-refractivity contribution in [2.75, 3.05) is 10.6 Å². The van der Waals surface area contributed by atoms with Crippen LogP contribution in [0.15, 0.2) is 78.9 Å². The number of anilines is 2. The zero-order chi connectivity index (χ0) is 42.6. The monoisotopic (exact) mass is 863 g/mol. The van der Waals surface area contributed by atoms with Crippen LogP contribution in [0, 0.1) is 5.82 Å². The molecule has 4 aromatic rings. The molecule has 9 rings (SSSR count). The van der Waals surface area contributed by atoms with Crippen LogP contribution in [-0.4, -0.2) is 57.8 Å². The van der Waals surface area contributed by atoms with E-state index in [1.54, 1.807) is 59.5 Å². The lowest BCUT2D eigenvalue weighted by atomic mass is 9.55. The van der Waals surface area contributed by atoms with Gasteiger partial charge in [-0.25, -0.2) is 4.39 Å². The van der Waals surface area contributed by atoms with E-state index in [4.69, 9.17) is 23.2 Å². The Morgan fingerprint density at radius 1 is 0.885 bits per heavy atom. The van der Waals surface area contributed by atoms with Gasteiger partial charge in [0.2, 0.25) is 23.6 Å². The lowest BCUT2D eigenvalue weighted by Crippen LogP contribution is -2.60. The second-order valence-corrected chi connectivity index (χ2v) is 17.7. The number of imide groups is 1. The molecule has 1 saturated carbocycles. The molecule has 0 aromatic heterocycles. The molecule has 4 heterocycles. The second kappa shape index (κ2) is 16.1. The summed E-state index contributed by atoms with van der Waals surface area (Å²) in [7, 11) is 0. The highest BCUT2D eigenvalue weighted by Gasteiger charge is 2.72. The number of unbranched alkanes of at least 4 members (excludes halogenated alkanes) is 1. The van der Waals surface area contributed by atoms with Crippen molar-refractivity contribution in [3.63, 3.8) is 0 Å². The number of hydrogen-bond acceptors (Lipinski definition) is 7. The van der Waals surface area contributed by atoms with Crippen molar-refractivity contribution in [1.82, 2.24) is 15.5 Å². The van der Waals surface area contributed by atoms with Crippen molar-refractivity contribution in [2.24, 2.45) is 0 Å². The smallest absolute Gasteiger partial charge is 0.255 e. The van der Waals surface area contributed by atoms with Gasteiger partial charge in [0.15, 0.2) is 5.78 Å². The normalized spacial score (nSPS) is 23.9. The number of halogens is 3. The van der Waals surface area contributed by atoms with Crippen LogP contribution in [0.5, 0.6) is 0 Å². The van der Waals surface area contributed by atoms with Crippen LogP contribution < -0.4 is 21.3 Å². The van der Waals surface area contributed by atoms with Gasteiger partial charge in [-0.15, -0.1) is 0 Å². The number of aryl methyl sites for hydroxylation is 1. The molecular formula is C47H44Cl2FN5O6. The summed E-state index contributed by atoms with van der Waals surface area (Å²) >= 11 is 12.8. The number of amides is 5. The number of benzene rings is 4. The van der Waals surface area contributed by atoms with Gasteiger partial charge in [0, 0.05) is 58.4 Å². The van der Waals surface area contributed by atoms with Gasteiger partial charge in [0.05, 0.1) is 11.1 Å². The molecule has 61 heavy (non-hydrogen) atoms. The maximum atomic E-state index is 16.2. The number of hydrogen-bond donors (Lipinski definition) is 4. The molecule has 2 saturated heterocycles. The SMILES string of the molecule is O=C1CCC(N2Cc3c(CCCCC(=O)c4ccc(NC(=O)[C@@H]5NC6(CCCCC6)[C@@]6(C(=O)Nc7cc(Cl)ccc76)[C@H]5c5cccc(Cl)c5F)cc4)cccc3C2=O)C(=O)N1. The fourth-order valence-electron chi connectivity index (χ4n) is 10.8. The van der Waals surface area contributed by atoms with E-state index in [0.717, 1.165) is 30.4 Å². The summed E-state index contributed by atoms with van der Waals surface area (Å²) in [6.07, 6.45) is 6.53. The highest BCUT2D eigenvalue weighted by molar-refractivity contribution is 6.31. The number of piperidine rings is 1. The second-order valence-electron chi connectivity index (χ2n) is 16.9. The molecule has 2 spiro atoms. The summed E-state index contributed by atoms with van der Waals surface area (Å²) in [6.45, 7) is 0.299. The lowest BCUT2D eigenvalue weighted by molar-refractivity contribution is -0.137. The fraction of sp³-hybridized carbons (Fsp3) is 0.362. The van der Waals surface area contributed by atoms with Crippen LogP contribution in [0.3, 0.4) is 0 Å². The summed E-state index contributed by atoms with van der Waals surface area (Å²) in [4.78, 5) is 81.4.